The molecule has 0 fully saturated rings. The van der Waals surface area contributed by atoms with E-state index >= 15 is 0 Å². The number of nitrogens with zero attached hydrogens (tertiary/aromatic N) is 1. The van der Waals surface area contributed by atoms with Crippen LogP contribution in [-0.4, -0.2) is 21.0 Å². The molecule has 1 aromatic carbocycles. The fraction of sp³-hybridized carbons (Fsp3) is 0. The summed E-state index contributed by atoms with van der Waals surface area (Å²) in [5.74, 6) is -1.02. The minimum absolute atomic E-state index is 0.117. The number of aromatic carboxylic acids is 1. The van der Waals surface area contributed by atoms with Gasteiger partial charge in [-0.1, -0.05) is 12.1 Å². The number of H-pyrrole nitrogens is 1. The lowest BCUT2D eigenvalue weighted by molar-refractivity contribution is 0.0697. The molecule has 0 aliphatic rings. The summed E-state index contributed by atoms with van der Waals surface area (Å²) in [6.07, 6.45) is 1.53. The molecule has 0 atom stereocenters. The van der Waals surface area contributed by atoms with E-state index in [1.165, 1.54) is 29.5 Å². The number of carboxylic acids is 1. The molecular formula is C15H11N3O3S. The molecule has 3 rings (SSSR count). The lowest BCUT2D eigenvalue weighted by Crippen LogP contribution is -2.17. The van der Waals surface area contributed by atoms with Gasteiger partial charge in [0.05, 0.1) is 22.3 Å². The van der Waals surface area contributed by atoms with Crippen LogP contribution in [0, 0.1) is 0 Å². The molecule has 0 radical (unpaired) electrons. The minimum atomic E-state index is -1.02. The van der Waals surface area contributed by atoms with Crippen molar-refractivity contribution in [3.05, 3.63) is 62.2 Å². The molecule has 2 aromatic heterocycles. The Hall–Kier alpha value is -2.93. The van der Waals surface area contributed by atoms with E-state index in [4.69, 9.17) is 10.8 Å². The molecule has 0 bridgehead atoms. The van der Waals surface area contributed by atoms with Gasteiger partial charge in [0.15, 0.2) is 5.69 Å². The van der Waals surface area contributed by atoms with Crippen molar-refractivity contribution >= 4 is 40.1 Å². The molecule has 0 saturated carbocycles. The van der Waals surface area contributed by atoms with E-state index in [-0.39, 0.29) is 22.5 Å². The second kappa shape index (κ2) is 5.45. The van der Waals surface area contributed by atoms with Crippen molar-refractivity contribution in [1.29, 1.82) is 0 Å². The third kappa shape index (κ3) is 2.61. The number of carbonyl (C=O) groups is 1. The first kappa shape index (κ1) is 14.0. The molecule has 0 spiro atoms. The monoisotopic (exact) mass is 313 g/mol. The van der Waals surface area contributed by atoms with Crippen LogP contribution in [0.2, 0.25) is 0 Å². The van der Waals surface area contributed by atoms with Gasteiger partial charge in [0.25, 0.3) is 5.56 Å². The van der Waals surface area contributed by atoms with E-state index in [9.17, 15) is 9.59 Å². The summed E-state index contributed by atoms with van der Waals surface area (Å²) in [6, 6.07) is 6.28. The van der Waals surface area contributed by atoms with E-state index in [1.807, 2.05) is 5.38 Å². The zero-order valence-corrected chi connectivity index (χ0v) is 12.1. The van der Waals surface area contributed by atoms with Gasteiger partial charge >= 0.3 is 5.97 Å². The summed E-state index contributed by atoms with van der Waals surface area (Å²) in [4.78, 5) is 29.9. The van der Waals surface area contributed by atoms with Crippen molar-refractivity contribution in [3.8, 4) is 0 Å². The number of rotatable bonds is 3. The maximum absolute atomic E-state index is 12.0. The lowest BCUT2D eigenvalue weighted by atomic mass is 10.1. The van der Waals surface area contributed by atoms with Gasteiger partial charge in [0, 0.05) is 10.8 Å². The highest BCUT2D eigenvalue weighted by Gasteiger charge is 2.09. The fourth-order valence-electron chi connectivity index (χ4n) is 2.03. The molecule has 0 aliphatic heterocycles. The SMILES string of the molecule is N/C(=C\c1cccc(C(=O)O)c1)c1nc2cscc2[nH]c1=O. The standard InChI is InChI=1S/C15H11N3O3S/c16-10(5-8-2-1-3-9(4-8)15(20)21)13-14(19)18-12-7-22-6-11(12)17-13/h1-7H,16H2,(H,18,19)(H,20,21)/b10-5-. The summed E-state index contributed by atoms with van der Waals surface area (Å²) in [7, 11) is 0. The van der Waals surface area contributed by atoms with Crippen molar-refractivity contribution in [2.45, 2.75) is 0 Å². The highest BCUT2D eigenvalue weighted by Crippen LogP contribution is 2.16. The molecular weight excluding hydrogens is 302 g/mol. The predicted molar refractivity (Wildman–Crippen MR) is 85.7 cm³/mol. The highest BCUT2D eigenvalue weighted by molar-refractivity contribution is 7.09. The van der Waals surface area contributed by atoms with Gasteiger partial charge in [-0.2, -0.15) is 0 Å². The van der Waals surface area contributed by atoms with Crippen LogP contribution in [0.1, 0.15) is 21.6 Å². The van der Waals surface area contributed by atoms with E-state index in [1.54, 1.807) is 17.5 Å². The number of nitrogens with one attached hydrogen (secondary N) is 1. The summed E-state index contributed by atoms with van der Waals surface area (Å²) in [5, 5.41) is 12.6. The number of carboxylic acid groups (broad SMARTS) is 1. The maximum atomic E-state index is 12.0. The number of aromatic nitrogens is 2. The fourth-order valence-corrected chi connectivity index (χ4v) is 2.72. The second-order valence-corrected chi connectivity index (χ2v) is 5.36. The van der Waals surface area contributed by atoms with Gasteiger partial charge in [-0.15, -0.1) is 11.3 Å². The zero-order chi connectivity index (χ0) is 15.7. The van der Waals surface area contributed by atoms with E-state index in [0.717, 1.165) is 0 Å². The van der Waals surface area contributed by atoms with E-state index in [0.29, 0.717) is 16.6 Å². The van der Waals surface area contributed by atoms with Gasteiger partial charge in [-0.05, 0) is 23.8 Å². The summed E-state index contributed by atoms with van der Waals surface area (Å²) in [6.45, 7) is 0. The van der Waals surface area contributed by atoms with Crippen molar-refractivity contribution in [1.82, 2.24) is 9.97 Å². The Kier molecular flexibility index (Phi) is 3.48. The number of fused-ring (bicyclic) bond motifs is 1. The highest BCUT2D eigenvalue weighted by atomic mass is 32.1. The Morgan fingerprint density at radius 2 is 2.18 bits per heavy atom. The number of thiophene rings is 1. The molecule has 22 heavy (non-hydrogen) atoms. The third-order valence-electron chi connectivity index (χ3n) is 3.07. The molecule has 0 unspecified atom stereocenters. The third-order valence-corrected chi connectivity index (χ3v) is 3.80. The van der Waals surface area contributed by atoms with Gasteiger partial charge in [0.1, 0.15) is 0 Å². The average molecular weight is 313 g/mol. The molecule has 3 aromatic rings. The average Bonchev–Trinajstić information content (AvgIpc) is 2.93. The van der Waals surface area contributed by atoms with Crippen LogP contribution in [0.3, 0.4) is 0 Å². The van der Waals surface area contributed by atoms with Crippen LogP contribution in [-0.2, 0) is 0 Å². The number of hydrogen-bond acceptors (Lipinski definition) is 5. The zero-order valence-electron chi connectivity index (χ0n) is 11.2. The molecule has 110 valence electrons. The van der Waals surface area contributed by atoms with Gasteiger partial charge in [-0.3, -0.25) is 4.79 Å². The maximum Gasteiger partial charge on any atom is 0.335 e. The van der Waals surface area contributed by atoms with Gasteiger partial charge in [-0.25, -0.2) is 9.78 Å². The Morgan fingerprint density at radius 3 is 2.95 bits per heavy atom. The first-order chi connectivity index (χ1) is 10.5. The predicted octanol–water partition coefficient (Wildman–Crippen LogP) is 2.14. The van der Waals surface area contributed by atoms with Crippen molar-refractivity contribution in [2.24, 2.45) is 5.73 Å². The molecule has 6 nitrogen and oxygen atoms in total. The lowest BCUT2D eigenvalue weighted by Gasteiger charge is -2.02. The smallest absolute Gasteiger partial charge is 0.335 e. The van der Waals surface area contributed by atoms with Gasteiger partial charge in [0.2, 0.25) is 0 Å². The number of nitrogens with two attached hydrogens (primary N) is 1. The summed E-state index contributed by atoms with van der Waals surface area (Å²) >= 11 is 1.43. The molecule has 7 heteroatoms. The first-order valence-corrected chi connectivity index (χ1v) is 7.26. The van der Waals surface area contributed by atoms with Crippen LogP contribution < -0.4 is 11.3 Å². The molecule has 0 aliphatic carbocycles. The quantitative estimate of drug-likeness (QED) is 0.686. The van der Waals surface area contributed by atoms with E-state index in [2.05, 4.69) is 9.97 Å². The topological polar surface area (TPSA) is 109 Å². The largest absolute Gasteiger partial charge is 0.478 e. The Balaban J connectivity index is 2.06. The second-order valence-electron chi connectivity index (χ2n) is 4.62. The van der Waals surface area contributed by atoms with Crippen LogP contribution in [0.4, 0.5) is 0 Å². The Labute approximate surface area is 128 Å². The van der Waals surface area contributed by atoms with Crippen LogP contribution in [0.5, 0.6) is 0 Å². The summed E-state index contributed by atoms with van der Waals surface area (Å²) < 4.78 is 0. The first-order valence-electron chi connectivity index (χ1n) is 6.32. The summed E-state index contributed by atoms with van der Waals surface area (Å²) in [5.41, 5.74) is 7.93. The Morgan fingerprint density at radius 1 is 1.36 bits per heavy atom. The molecule has 4 N–H and O–H groups in total. The Bertz CT molecular complexity index is 956. The number of aromatic amines is 1. The van der Waals surface area contributed by atoms with Crippen molar-refractivity contribution in [2.75, 3.05) is 0 Å². The van der Waals surface area contributed by atoms with Crippen molar-refractivity contribution in [3.63, 3.8) is 0 Å². The molecule has 0 saturated heterocycles. The number of benzene rings is 1. The number of hydrogen-bond donors (Lipinski definition) is 3. The van der Waals surface area contributed by atoms with Crippen LogP contribution >= 0.6 is 11.3 Å². The van der Waals surface area contributed by atoms with Crippen molar-refractivity contribution < 1.29 is 9.90 Å². The minimum Gasteiger partial charge on any atom is -0.478 e. The van der Waals surface area contributed by atoms with Crippen LogP contribution in [0.25, 0.3) is 22.8 Å². The molecule has 0 amide bonds. The van der Waals surface area contributed by atoms with Gasteiger partial charge < -0.3 is 15.8 Å². The van der Waals surface area contributed by atoms with Crippen LogP contribution in [0.15, 0.2) is 39.8 Å². The molecule has 2 heterocycles. The van der Waals surface area contributed by atoms with E-state index < -0.39 is 5.97 Å². The normalized spacial score (nSPS) is 11.7.